The van der Waals surface area contributed by atoms with E-state index in [1.807, 2.05) is 0 Å². The van der Waals surface area contributed by atoms with Crippen molar-refractivity contribution in [3.05, 3.63) is 29.8 Å². The van der Waals surface area contributed by atoms with E-state index in [-0.39, 0.29) is 17.8 Å². The van der Waals surface area contributed by atoms with Crippen LogP contribution in [0.1, 0.15) is 142 Å². The third kappa shape index (κ3) is 19.3. The Labute approximate surface area is 280 Å². The fourth-order valence-electron chi connectivity index (χ4n) is 5.63. The number of carbonyl (C=O) groups is 2. The monoisotopic (exact) mass is 654 g/mol. The first kappa shape index (κ1) is 40.7. The van der Waals surface area contributed by atoms with E-state index in [0.717, 1.165) is 82.1 Å². The van der Waals surface area contributed by atoms with Crippen LogP contribution in [0.25, 0.3) is 0 Å². The first-order valence-electron chi connectivity index (χ1n) is 17.9. The summed E-state index contributed by atoms with van der Waals surface area (Å²) >= 11 is 12.0. The predicted octanol–water partition coefficient (Wildman–Crippen LogP) is 10.0. The standard InChI is InChI=1S/C37H64Cl2N2O3/c1-4-7-10-13-14-16-17-20-34(36(42)21-18-15-11-8-5-2)40-35(37(43)44-30-19-12-9-6-3)31-32-22-24-33(25-23-32)41(28-26-38)29-27-39/h22-25,34-35,40H,4-21,26-31H2,1-3H3/t34?,35-/m0/s1. The fraction of sp³-hybridized carbons (Fsp3) is 0.784. The summed E-state index contributed by atoms with van der Waals surface area (Å²) in [5.74, 6) is 1.04. The number of esters is 1. The maximum absolute atomic E-state index is 13.5. The van der Waals surface area contributed by atoms with Crippen molar-refractivity contribution in [2.24, 2.45) is 0 Å². The van der Waals surface area contributed by atoms with Crippen LogP contribution in [0.4, 0.5) is 5.69 Å². The van der Waals surface area contributed by atoms with Crippen molar-refractivity contribution in [2.75, 3.05) is 36.4 Å². The smallest absolute Gasteiger partial charge is 0.323 e. The van der Waals surface area contributed by atoms with Crippen LogP contribution in [0.5, 0.6) is 0 Å². The van der Waals surface area contributed by atoms with Crippen molar-refractivity contribution < 1.29 is 14.3 Å². The van der Waals surface area contributed by atoms with Crippen molar-refractivity contribution >= 4 is 40.6 Å². The molecule has 2 atom stereocenters. The predicted molar refractivity (Wildman–Crippen MR) is 191 cm³/mol. The summed E-state index contributed by atoms with van der Waals surface area (Å²) < 4.78 is 5.79. The summed E-state index contributed by atoms with van der Waals surface area (Å²) in [6.45, 7) is 8.50. The molecule has 0 amide bonds. The van der Waals surface area contributed by atoms with Crippen molar-refractivity contribution in [3.63, 3.8) is 0 Å². The molecule has 0 radical (unpaired) electrons. The second-order valence-electron chi connectivity index (χ2n) is 12.3. The second kappa shape index (κ2) is 28.0. The van der Waals surface area contributed by atoms with Gasteiger partial charge in [-0.05, 0) is 43.4 Å². The first-order chi connectivity index (χ1) is 21.5. The maximum atomic E-state index is 13.5. The van der Waals surface area contributed by atoms with Gasteiger partial charge in [0.25, 0.3) is 0 Å². The first-order valence-corrected chi connectivity index (χ1v) is 19.0. The van der Waals surface area contributed by atoms with Crippen molar-refractivity contribution in [1.82, 2.24) is 5.32 Å². The van der Waals surface area contributed by atoms with Gasteiger partial charge in [-0.1, -0.05) is 123 Å². The number of alkyl halides is 2. The molecule has 1 rings (SSSR count). The Bertz CT molecular complexity index is 831. The average Bonchev–Trinajstić information content (AvgIpc) is 3.03. The molecule has 7 heteroatoms. The van der Waals surface area contributed by atoms with Gasteiger partial charge in [-0.15, -0.1) is 23.2 Å². The summed E-state index contributed by atoms with van der Waals surface area (Å²) in [6, 6.07) is 7.38. The highest BCUT2D eigenvalue weighted by molar-refractivity contribution is 6.18. The van der Waals surface area contributed by atoms with E-state index >= 15 is 0 Å². The summed E-state index contributed by atoms with van der Waals surface area (Å²) in [7, 11) is 0. The number of halogens is 2. The molecular weight excluding hydrogens is 591 g/mol. The zero-order valence-corrected chi connectivity index (χ0v) is 29.9. The molecule has 0 aromatic heterocycles. The van der Waals surface area contributed by atoms with Crippen molar-refractivity contribution in [1.29, 1.82) is 0 Å². The summed E-state index contributed by atoms with van der Waals surface area (Å²) in [5, 5.41) is 3.53. The third-order valence-corrected chi connectivity index (χ3v) is 8.73. The molecule has 254 valence electrons. The number of ketones is 1. The summed E-state index contributed by atoms with van der Waals surface area (Å²) in [5.41, 5.74) is 2.10. The number of Topliss-reactive ketones (excluding diaryl/α,β-unsaturated/α-hetero) is 1. The van der Waals surface area contributed by atoms with Crippen LogP contribution in [0.2, 0.25) is 0 Å². The number of unbranched alkanes of at least 4 members (excludes halogenated alkanes) is 13. The normalized spacial score (nSPS) is 12.7. The lowest BCUT2D eigenvalue weighted by Crippen LogP contribution is -2.49. The second-order valence-corrected chi connectivity index (χ2v) is 13.0. The quantitative estimate of drug-likeness (QED) is 0.0508. The number of anilines is 1. The molecule has 0 saturated carbocycles. The molecule has 44 heavy (non-hydrogen) atoms. The lowest BCUT2D eigenvalue weighted by atomic mass is 9.96. The molecule has 0 spiro atoms. The average molecular weight is 656 g/mol. The molecule has 0 saturated heterocycles. The minimum Gasteiger partial charge on any atom is -0.465 e. The highest BCUT2D eigenvalue weighted by Gasteiger charge is 2.27. The molecule has 0 aliphatic carbocycles. The molecule has 5 nitrogen and oxygen atoms in total. The third-order valence-electron chi connectivity index (χ3n) is 8.39. The number of benzene rings is 1. The molecule has 0 aliphatic rings. The van der Waals surface area contributed by atoms with Gasteiger partial charge in [0, 0.05) is 37.0 Å². The van der Waals surface area contributed by atoms with Gasteiger partial charge in [0.2, 0.25) is 0 Å². The highest BCUT2D eigenvalue weighted by atomic mass is 35.5. The largest absolute Gasteiger partial charge is 0.465 e. The van der Waals surface area contributed by atoms with Gasteiger partial charge in [-0.3, -0.25) is 14.9 Å². The van der Waals surface area contributed by atoms with Gasteiger partial charge in [0.1, 0.15) is 11.8 Å². The van der Waals surface area contributed by atoms with Crippen LogP contribution in [-0.2, 0) is 20.7 Å². The van der Waals surface area contributed by atoms with Crippen molar-refractivity contribution in [2.45, 2.75) is 155 Å². The fourth-order valence-corrected chi connectivity index (χ4v) is 6.04. The van der Waals surface area contributed by atoms with E-state index in [0.29, 0.717) is 31.2 Å². The molecule has 0 fully saturated rings. The minimum atomic E-state index is -0.563. The zero-order valence-electron chi connectivity index (χ0n) is 28.4. The van der Waals surface area contributed by atoms with E-state index in [1.165, 1.54) is 51.4 Å². The van der Waals surface area contributed by atoms with Crippen LogP contribution in [0, 0.1) is 0 Å². The number of carbonyl (C=O) groups excluding carboxylic acids is 2. The maximum Gasteiger partial charge on any atom is 0.323 e. The summed E-state index contributed by atoms with van der Waals surface area (Å²) in [6.07, 6.45) is 20.0. The molecule has 1 aromatic carbocycles. The number of ether oxygens (including phenoxy) is 1. The Balaban J connectivity index is 3.01. The Morgan fingerprint density at radius 3 is 1.80 bits per heavy atom. The highest BCUT2D eigenvalue weighted by Crippen LogP contribution is 2.19. The van der Waals surface area contributed by atoms with Crippen LogP contribution < -0.4 is 10.2 Å². The molecule has 1 unspecified atom stereocenters. The van der Waals surface area contributed by atoms with Gasteiger partial charge in [-0.2, -0.15) is 0 Å². The SMILES string of the molecule is CCCCCCCCCC(N[C@@H](Cc1ccc(N(CCCl)CCCl)cc1)C(=O)OCCCCCC)C(=O)CCCCCCC. The van der Waals surface area contributed by atoms with Gasteiger partial charge < -0.3 is 9.64 Å². The van der Waals surface area contributed by atoms with E-state index < -0.39 is 6.04 Å². The van der Waals surface area contributed by atoms with Gasteiger partial charge in [-0.25, -0.2) is 0 Å². The molecule has 1 N–H and O–H groups in total. The van der Waals surface area contributed by atoms with Gasteiger partial charge >= 0.3 is 5.97 Å². The molecule has 0 heterocycles. The minimum absolute atomic E-state index is 0.237. The number of nitrogens with one attached hydrogen (secondary N) is 1. The Morgan fingerprint density at radius 2 is 1.23 bits per heavy atom. The zero-order chi connectivity index (χ0) is 32.3. The van der Waals surface area contributed by atoms with Crippen LogP contribution in [0.3, 0.4) is 0 Å². The Morgan fingerprint density at radius 1 is 0.705 bits per heavy atom. The number of hydrogen-bond acceptors (Lipinski definition) is 5. The number of rotatable bonds is 30. The molecule has 1 aromatic rings. The number of hydrogen-bond donors (Lipinski definition) is 1. The van der Waals surface area contributed by atoms with Crippen LogP contribution in [0.15, 0.2) is 24.3 Å². The van der Waals surface area contributed by atoms with E-state index in [1.54, 1.807) is 0 Å². The number of nitrogens with zero attached hydrogens (tertiary/aromatic N) is 1. The van der Waals surface area contributed by atoms with E-state index in [9.17, 15) is 9.59 Å². The molecular formula is C37H64Cl2N2O3. The van der Waals surface area contributed by atoms with E-state index in [4.69, 9.17) is 27.9 Å². The lowest BCUT2D eigenvalue weighted by Gasteiger charge is -2.25. The molecule has 0 bridgehead atoms. The molecule has 0 aliphatic heterocycles. The Hall–Kier alpha value is -1.30. The topological polar surface area (TPSA) is 58.6 Å². The van der Waals surface area contributed by atoms with Crippen LogP contribution >= 0.6 is 23.2 Å². The Kier molecular flexibility index (Phi) is 25.9. The lowest BCUT2D eigenvalue weighted by molar-refractivity contribution is -0.146. The van der Waals surface area contributed by atoms with Gasteiger partial charge in [0.05, 0.1) is 12.6 Å². The van der Waals surface area contributed by atoms with Crippen molar-refractivity contribution in [3.8, 4) is 0 Å². The summed E-state index contributed by atoms with van der Waals surface area (Å²) in [4.78, 5) is 29.2. The van der Waals surface area contributed by atoms with Gasteiger partial charge in [0.15, 0.2) is 0 Å². The van der Waals surface area contributed by atoms with E-state index in [2.05, 4.69) is 55.3 Å². The van der Waals surface area contributed by atoms with Crippen LogP contribution in [-0.4, -0.2) is 55.3 Å².